The number of benzene rings is 2. The molecule has 3 nitrogen and oxygen atoms in total. The summed E-state index contributed by atoms with van der Waals surface area (Å²) in [4.78, 5) is 26.0. The standard InChI is InChI=1S/C22H16ClNO2/c23-13-10-8-12(9-11-13)18-19-16(6-3-7-17(19)25)24-21-14-4-1-2-5-15(14)22(26)20(18)21/h1-2,4-5,8-11,18,24H,3,6-7H2/t18-/m1/s1. The SMILES string of the molecule is O=C1CCCC2=C1[C@@H](c1ccc(Cl)cc1)C1=C(N2)c2ccccc2C1=O. The van der Waals surface area contributed by atoms with Gasteiger partial charge in [-0.2, -0.15) is 0 Å². The Morgan fingerprint density at radius 1 is 0.885 bits per heavy atom. The van der Waals surface area contributed by atoms with Gasteiger partial charge in [0.05, 0.1) is 5.70 Å². The molecule has 2 aromatic rings. The van der Waals surface area contributed by atoms with Crippen LogP contribution in [0.5, 0.6) is 0 Å². The van der Waals surface area contributed by atoms with E-state index in [1.54, 1.807) is 0 Å². The maximum Gasteiger partial charge on any atom is 0.192 e. The van der Waals surface area contributed by atoms with Gasteiger partial charge in [0.15, 0.2) is 11.6 Å². The van der Waals surface area contributed by atoms with E-state index in [1.807, 2.05) is 48.5 Å². The Kier molecular flexibility index (Phi) is 3.41. The van der Waals surface area contributed by atoms with Crippen molar-refractivity contribution in [3.05, 3.63) is 87.1 Å². The maximum absolute atomic E-state index is 13.2. The van der Waals surface area contributed by atoms with Crippen LogP contribution in [-0.2, 0) is 4.79 Å². The lowest BCUT2D eigenvalue weighted by Crippen LogP contribution is -2.31. The number of carbonyl (C=O) groups is 2. The fourth-order valence-electron chi connectivity index (χ4n) is 4.33. The average molecular weight is 362 g/mol. The second-order valence-corrected chi connectivity index (χ2v) is 7.38. The van der Waals surface area contributed by atoms with Crippen LogP contribution in [0.4, 0.5) is 0 Å². The monoisotopic (exact) mass is 361 g/mol. The van der Waals surface area contributed by atoms with E-state index in [-0.39, 0.29) is 17.5 Å². The van der Waals surface area contributed by atoms with Crippen molar-refractivity contribution in [3.63, 3.8) is 0 Å². The van der Waals surface area contributed by atoms with Crippen molar-refractivity contribution < 1.29 is 9.59 Å². The molecule has 1 N–H and O–H groups in total. The number of allylic oxidation sites excluding steroid dienone is 3. The predicted molar refractivity (Wildman–Crippen MR) is 101 cm³/mol. The molecule has 0 fully saturated rings. The number of carbonyl (C=O) groups excluding carboxylic acids is 2. The van der Waals surface area contributed by atoms with Crippen molar-refractivity contribution in [2.45, 2.75) is 25.2 Å². The summed E-state index contributed by atoms with van der Waals surface area (Å²) in [7, 11) is 0. The molecule has 128 valence electrons. The third-order valence-corrected chi connectivity index (χ3v) is 5.72. The first kappa shape index (κ1) is 15.6. The predicted octanol–water partition coefficient (Wildman–Crippen LogP) is 4.64. The van der Waals surface area contributed by atoms with Crippen molar-refractivity contribution in [3.8, 4) is 0 Å². The number of dihydropyridines is 1. The highest BCUT2D eigenvalue weighted by atomic mass is 35.5. The van der Waals surface area contributed by atoms with Gasteiger partial charge in [0.2, 0.25) is 0 Å². The Morgan fingerprint density at radius 2 is 1.62 bits per heavy atom. The molecule has 3 aliphatic rings. The van der Waals surface area contributed by atoms with Gasteiger partial charge in [-0.25, -0.2) is 0 Å². The number of Topliss-reactive ketones (excluding diaryl/α,β-unsaturated/α-hetero) is 2. The first-order valence-electron chi connectivity index (χ1n) is 8.82. The summed E-state index contributed by atoms with van der Waals surface area (Å²) in [5.41, 5.74) is 5.82. The van der Waals surface area contributed by atoms with Crippen LogP contribution in [0.1, 0.15) is 46.7 Å². The highest BCUT2D eigenvalue weighted by Crippen LogP contribution is 2.48. The lowest BCUT2D eigenvalue weighted by molar-refractivity contribution is -0.116. The van der Waals surface area contributed by atoms with Crippen molar-refractivity contribution in [2.75, 3.05) is 0 Å². The molecule has 1 aliphatic heterocycles. The molecule has 0 saturated heterocycles. The topological polar surface area (TPSA) is 46.2 Å². The summed E-state index contributed by atoms with van der Waals surface area (Å²) in [5.74, 6) is -0.187. The zero-order valence-electron chi connectivity index (χ0n) is 14.0. The number of fused-ring (bicyclic) bond motifs is 2. The minimum Gasteiger partial charge on any atom is -0.358 e. The van der Waals surface area contributed by atoms with Gasteiger partial charge in [-0.3, -0.25) is 9.59 Å². The minimum absolute atomic E-state index is 0.00738. The van der Waals surface area contributed by atoms with Crippen LogP contribution < -0.4 is 5.32 Å². The Morgan fingerprint density at radius 3 is 2.38 bits per heavy atom. The third kappa shape index (κ3) is 2.14. The number of nitrogens with one attached hydrogen (secondary N) is 1. The van der Waals surface area contributed by atoms with Gasteiger partial charge in [0.1, 0.15) is 0 Å². The lowest BCUT2D eigenvalue weighted by Gasteiger charge is -2.33. The fraction of sp³-hybridized carbons (Fsp3) is 0.182. The van der Waals surface area contributed by atoms with Gasteiger partial charge >= 0.3 is 0 Å². The van der Waals surface area contributed by atoms with Gasteiger partial charge in [-0.05, 0) is 30.5 Å². The highest BCUT2D eigenvalue weighted by Gasteiger charge is 2.43. The molecule has 0 aromatic heterocycles. The van der Waals surface area contributed by atoms with E-state index in [9.17, 15) is 9.59 Å². The first-order valence-corrected chi connectivity index (χ1v) is 9.20. The molecule has 2 aliphatic carbocycles. The van der Waals surface area contributed by atoms with E-state index < -0.39 is 0 Å². The fourth-order valence-corrected chi connectivity index (χ4v) is 4.45. The Balaban J connectivity index is 1.75. The summed E-state index contributed by atoms with van der Waals surface area (Å²) in [6, 6.07) is 15.1. The normalized spacial score (nSPS) is 21.3. The second-order valence-electron chi connectivity index (χ2n) is 6.94. The molecule has 0 unspecified atom stereocenters. The molecule has 26 heavy (non-hydrogen) atoms. The van der Waals surface area contributed by atoms with Crippen LogP contribution in [-0.4, -0.2) is 11.6 Å². The van der Waals surface area contributed by atoms with Gasteiger partial charge in [-0.1, -0.05) is 48.0 Å². The van der Waals surface area contributed by atoms with Crippen LogP contribution >= 0.6 is 11.6 Å². The highest BCUT2D eigenvalue weighted by molar-refractivity contribution is 6.30. The van der Waals surface area contributed by atoms with E-state index in [0.717, 1.165) is 40.9 Å². The van der Waals surface area contributed by atoms with E-state index in [1.165, 1.54) is 0 Å². The molecular formula is C22H16ClNO2. The lowest BCUT2D eigenvalue weighted by atomic mass is 9.75. The van der Waals surface area contributed by atoms with Gasteiger partial charge < -0.3 is 5.32 Å². The van der Waals surface area contributed by atoms with E-state index in [2.05, 4.69) is 5.32 Å². The molecule has 2 aromatic carbocycles. The number of rotatable bonds is 1. The van der Waals surface area contributed by atoms with Crippen LogP contribution in [0.25, 0.3) is 5.70 Å². The van der Waals surface area contributed by atoms with Crippen LogP contribution in [0.2, 0.25) is 5.02 Å². The van der Waals surface area contributed by atoms with E-state index in [0.29, 0.717) is 22.6 Å². The van der Waals surface area contributed by atoms with Crippen molar-refractivity contribution in [1.82, 2.24) is 5.32 Å². The van der Waals surface area contributed by atoms with Gasteiger partial charge in [0, 0.05) is 45.3 Å². The third-order valence-electron chi connectivity index (χ3n) is 5.47. The molecule has 1 heterocycles. The van der Waals surface area contributed by atoms with Crippen LogP contribution in [0.3, 0.4) is 0 Å². The molecule has 0 radical (unpaired) electrons. The molecule has 0 amide bonds. The average Bonchev–Trinajstić information content (AvgIpc) is 2.94. The van der Waals surface area contributed by atoms with Crippen molar-refractivity contribution in [2.24, 2.45) is 0 Å². The Hall–Kier alpha value is -2.65. The zero-order valence-corrected chi connectivity index (χ0v) is 14.8. The van der Waals surface area contributed by atoms with Gasteiger partial charge in [-0.15, -0.1) is 0 Å². The number of ketones is 2. The van der Waals surface area contributed by atoms with Gasteiger partial charge in [0.25, 0.3) is 0 Å². The molecule has 4 heteroatoms. The summed E-state index contributed by atoms with van der Waals surface area (Å²) in [6.45, 7) is 0. The molecule has 1 atom stereocenters. The summed E-state index contributed by atoms with van der Waals surface area (Å²) < 4.78 is 0. The first-order chi connectivity index (χ1) is 12.6. The molecule has 0 spiro atoms. The number of halogens is 1. The molecular weight excluding hydrogens is 346 g/mol. The number of hydrogen-bond acceptors (Lipinski definition) is 3. The quantitative estimate of drug-likeness (QED) is 0.804. The zero-order chi connectivity index (χ0) is 17.8. The van der Waals surface area contributed by atoms with Crippen LogP contribution in [0.15, 0.2) is 65.4 Å². The second kappa shape index (κ2) is 5.68. The van der Waals surface area contributed by atoms with E-state index in [4.69, 9.17) is 11.6 Å². The Labute approximate surface area is 156 Å². The van der Waals surface area contributed by atoms with Crippen LogP contribution in [0, 0.1) is 0 Å². The molecule has 0 bridgehead atoms. The number of hydrogen-bond donors (Lipinski definition) is 1. The molecule has 5 rings (SSSR count). The smallest absolute Gasteiger partial charge is 0.192 e. The van der Waals surface area contributed by atoms with Crippen molar-refractivity contribution >= 4 is 28.9 Å². The maximum atomic E-state index is 13.2. The summed E-state index contributed by atoms with van der Waals surface area (Å²) in [5, 5.41) is 4.08. The van der Waals surface area contributed by atoms with E-state index >= 15 is 0 Å². The van der Waals surface area contributed by atoms with Crippen molar-refractivity contribution in [1.29, 1.82) is 0 Å². The Bertz CT molecular complexity index is 1030. The molecule has 0 saturated carbocycles. The minimum atomic E-state index is -0.328. The summed E-state index contributed by atoms with van der Waals surface area (Å²) >= 11 is 6.06. The summed E-state index contributed by atoms with van der Waals surface area (Å²) in [6.07, 6.45) is 2.21. The largest absolute Gasteiger partial charge is 0.358 e.